The number of rotatable bonds is 7. The normalized spacial score (nSPS) is 11.1. The summed E-state index contributed by atoms with van der Waals surface area (Å²) < 4.78 is 8.44. The van der Waals surface area contributed by atoms with E-state index in [2.05, 4.69) is 4.98 Å². The molecule has 0 saturated carbocycles. The maximum atomic E-state index is 13.5. The second-order valence-electron chi connectivity index (χ2n) is 6.99. The first-order valence-electron chi connectivity index (χ1n) is 9.64. The number of amides is 1. The van der Waals surface area contributed by atoms with Crippen LogP contribution in [0.25, 0.3) is 10.2 Å². The van der Waals surface area contributed by atoms with Crippen molar-refractivity contribution in [1.29, 1.82) is 0 Å². The van der Waals surface area contributed by atoms with Gasteiger partial charge in [-0.2, -0.15) is 0 Å². The number of nitrogens with zero attached hydrogens (tertiary/aromatic N) is 4. The van der Waals surface area contributed by atoms with Crippen LogP contribution in [0.15, 0.2) is 49.1 Å². The molecular formula is C22H20Cl2N4O2S. The summed E-state index contributed by atoms with van der Waals surface area (Å²) in [5.41, 5.74) is 2.21. The summed E-state index contributed by atoms with van der Waals surface area (Å²) in [6.07, 6.45) is 6.11. The highest BCUT2D eigenvalue weighted by Gasteiger charge is 2.24. The van der Waals surface area contributed by atoms with E-state index in [0.29, 0.717) is 33.0 Å². The van der Waals surface area contributed by atoms with Crippen molar-refractivity contribution < 1.29 is 9.53 Å². The summed E-state index contributed by atoms with van der Waals surface area (Å²) in [6, 6.07) is 8.77. The van der Waals surface area contributed by atoms with Gasteiger partial charge in [-0.05, 0) is 43.2 Å². The van der Waals surface area contributed by atoms with Crippen LogP contribution in [-0.4, -0.2) is 34.1 Å². The Balaban J connectivity index is 1.71. The molecule has 2 aromatic heterocycles. The van der Waals surface area contributed by atoms with Gasteiger partial charge in [0, 0.05) is 30.5 Å². The minimum Gasteiger partial charge on any atom is -0.494 e. The molecule has 0 atom stereocenters. The molecule has 1 amide bonds. The molecule has 2 heterocycles. The molecule has 4 aromatic rings. The molecule has 0 unspecified atom stereocenters. The van der Waals surface area contributed by atoms with Gasteiger partial charge in [0.1, 0.15) is 11.3 Å². The Bertz CT molecular complexity index is 1220. The van der Waals surface area contributed by atoms with Crippen LogP contribution in [0, 0.1) is 6.92 Å². The van der Waals surface area contributed by atoms with E-state index >= 15 is 0 Å². The van der Waals surface area contributed by atoms with Crippen molar-refractivity contribution in [2.75, 3.05) is 18.6 Å². The minimum atomic E-state index is -0.219. The molecular weight excluding hydrogens is 455 g/mol. The number of carbonyl (C=O) groups is 1. The first-order chi connectivity index (χ1) is 15.0. The zero-order valence-corrected chi connectivity index (χ0v) is 19.3. The van der Waals surface area contributed by atoms with Crippen LogP contribution < -0.4 is 9.64 Å². The van der Waals surface area contributed by atoms with Crippen LogP contribution in [0.3, 0.4) is 0 Å². The number of imidazole rings is 1. The van der Waals surface area contributed by atoms with Gasteiger partial charge in [-0.25, -0.2) is 9.97 Å². The lowest BCUT2D eigenvalue weighted by molar-refractivity contribution is 0.0986. The van der Waals surface area contributed by atoms with Gasteiger partial charge < -0.3 is 9.30 Å². The van der Waals surface area contributed by atoms with Gasteiger partial charge in [0.05, 0.1) is 28.7 Å². The predicted molar refractivity (Wildman–Crippen MR) is 126 cm³/mol. The van der Waals surface area contributed by atoms with E-state index in [1.807, 2.05) is 29.8 Å². The summed E-state index contributed by atoms with van der Waals surface area (Å²) in [5, 5.41) is 1.39. The summed E-state index contributed by atoms with van der Waals surface area (Å²) >= 11 is 13.8. The number of hydrogen-bond donors (Lipinski definition) is 0. The lowest BCUT2D eigenvalue weighted by atomic mass is 10.2. The Morgan fingerprint density at radius 1 is 1.26 bits per heavy atom. The number of methoxy groups -OCH3 is 1. The van der Waals surface area contributed by atoms with Crippen LogP contribution in [0.2, 0.25) is 10.0 Å². The summed E-state index contributed by atoms with van der Waals surface area (Å²) in [4.78, 5) is 24.0. The molecule has 0 aliphatic rings. The summed E-state index contributed by atoms with van der Waals surface area (Å²) in [6.45, 7) is 3.22. The Hall–Kier alpha value is -2.61. The molecule has 0 spiro atoms. The molecule has 160 valence electrons. The van der Waals surface area contributed by atoms with E-state index in [1.165, 1.54) is 11.3 Å². The highest BCUT2D eigenvalue weighted by molar-refractivity contribution is 7.22. The predicted octanol–water partition coefficient (Wildman–Crippen LogP) is 5.85. The van der Waals surface area contributed by atoms with E-state index in [-0.39, 0.29) is 5.91 Å². The number of thiazole rings is 1. The molecule has 0 saturated heterocycles. The number of aryl methyl sites for hydroxylation is 2. The van der Waals surface area contributed by atoms with Gasteiger partial charge in [0.15, 0.2) is 5.13 Å². The van der Waals surface area contributed by atoms with Crippen molar-refractivity contribution in [2.24, 2.45) is 0 Å². The van der Waals surface area contributed by atoms with Gasteiger partial charge in [0.2, 0.25) is 0 Å². The quantitative estimate of drug-likeness (QED) is 0.336. The first kappa shape index (κ1) is 21.6. The average molecular weight is 475 g/mol. The molecule has 2 aromatic carbocycles. The average Bonchev–Trinajstić information content (AvgIpc) is 3.42. The highest BCUT2D eigenvalue weighted by Crippen LogP contribution is 2.37. The zero-order chi connectivity index (χ0) is 22.0. The van der Waals surface area contributed by atoms with Crippen molar-refractivity contribution in [3.63, 3.8) is 0 Å². The molecule has 6 nitrogen and oxygen atoms in total. The van der Waals surface area contributed by atoms with Crippen molar-refractivity contribution in [1.82, 2.24) is 14.5 Å². The number of benzene rings is 2. The monoisotopic (exact) mass is 474 g/mol. The molecule has 0 aliphatic carbocycles. The number of halogens is 2. The first-order valence-corrected chi connectivity index (χ1v) is 11.2. The third kappa shape index (κ3) is 4.54. The molecule has 0 aliphatic heterocycles. The number of fused-ring (bicyclic) bond motifs is 1. The van der Waals surface area contributed by atoms with Crippen LogP contribution in [-0.2, 0) is 6.54 Å². The Morgan fingerprint density at radius 2 is 2.10 bits per heavy atom. The van der Waals surface area contributed by atoms with Gasteiger partial charge >= 0.3 is 0 Å². The van der Waals surface area contributed by atoms with Crippen molar-refractivity contribution in [3.05, 3.63) is 70.2 Å². The lowest BCUT2D eigenvalue weighted by Crippen LogP contribution is -2.32. The topological polar surface area (TPSA) is 60.2 Å². The maximum Gasteiger partial charge on any atom is 0.261 e. The van der Waals surface area contributed by atoms with E-state index in [4.69, 9.17) is 32.9 Å². The number of aromatic nitrogens is 3. The maximum absolute atomic E-state index is 13.5. The van der Waals surface area contributed by atoms with E-state index in [9.17, 15) is 4.79 Å². The second-order valence-corrected chi connectivity index (χ2v) is 8.82. The fraction of sp³-hybridized carbons (Fsp3) is 0.227. The zero-order valence-electron chi connectivity index (χ0n) is 17.0. The Labute approximate surface area is 194 Å². The van der Waals surface area contributed by atoms with Gasteiger partial charge in [0.25, 0.3) is 5.91 Å². The van der Waals surface area contributed by atoms with E-state index in [1.54, 1.807) is 42.7 Å². The van der Waals surface area contributed by atoms with Crippen molar-refractivity contribution in [3.8, 4) is 5.75 Å². The standard InChI is InChI=1S/C22H20Cl2N4O2S/c1-14-4-7-18(30-2)19-20(14)31-22(26-19)28(10-3-9-27-11-8-25-13-27)21(29)16-6-5-15(23)12-17(16)24/h4-8,11-13H,3,9-10H2,1-2H3. The van der Waals surface area contributed by atoms with Gasteiger partial charge in [-0.3, -0.25) is 9.69 Å². The lowest BCUT2D eigenvalue weighted by Gasteiger charge is -2.20. The SMILES string of the molecule is COc1ccc(C)c2sc(N(CCCn3ccnc3)C(=O)c3ccc(Cl)cc3Cl)nc12. The fourth-order valence-electron chi connectivity index (χ4n) is 3.30. The second kappa shape index (κ2) is 9.26. The number of anilines is 1. The largest absolute Gasteiger partial charge is 0.494 e. The third-order valence-corrected chi connectivity index (χ3v) is 6.67. The Kier molecular flexibility index (Phi) is 6.46. The van der Waals surface area contributed by atoms with Crippen LogP contribution in [0.4, 0.5) is 5.13 Å². The molecule has 31 heavy (non-hydrogen) atoms. The molecule has 4 rings (SSSR count). The fourth-order valence-corrected chi connectivity index (χ4v) is 4.87. The molecule has 0 radical (unpaired) electrons. The highest BCUT2D eigenvalue weighted by atomic mass is 35.5. The molecule has 9 heteroatoms. The van der Waals surface area contributed by atoms with Crippen LogP contribution in [0.1, 0.15) is 22.3 Å². The Morgan fingerprint density at radius 3 is 2.81 bits per heavy atom. The van der Waals surface area contributed by atoms with Crippen LogP contribution >= 0.6 is 34.5 Å². The van der Waals surface area contributed by atoms with Crippen molar-refractivity contribution in [2.45, 2.75) is 19.9 Å². The number of carbonyl (C=O) groups excluding carboxylic acids is 1. The summed E-state index contributed by atoms with van der Waals surface area (Å²) in [7, 11) is 1.62. The number of ether oxygens (including phenoxy) is 1. The van der Waals surface area contributed by atoms with E-state index in [0.717, 1.165) is 28.7 Å². The van der Waals surface area contributed by atoms with Gasteiger partial charge in [-0.15, -0.1) is 0 Å². The summed E-state index contributed by atoms with van der Waals surface area (Å²) in [5.74, 6) is 0.460. The van der Waals surface area contributed by atoms with Gasteiger partial charge in [-0.1, -0.05) is 40.6 Å². The van der Waals surface area contributed by atoms with Crippen molar-refractivity contribution >= 4 is 55.8 Å². The number of hydrogen-bond acceptors (Lipinski definition) is 5. The smallest absolute Gasteiger partial charge is 0.261 e. The molecule has 0 N–H and O–H groups in total. The van der Waals surface area contributed by atoms with E-state index < -0.39 is 0 Å². The minimum absolute atomic E-state index is 0.219. The van der Waals surface area contributed by atoms with Crippen LogP contribution in [0.5, 0.6) is 5.75 Å². The molecule has 0 bridgehead atoms. The third-order valence-electron chi connectivity index (χ3n) is 4.91. The molecule has 0 fully saturated rings.